The van der Waals surface area contributed by atoms with Crippen LogP contribution in [0.15, 0.2) is 35.4 Å². The average Bonchev–Trinajstić information content (AvgIpc) is 3.17. The van der Waals surface area contributed by atoms with E-state index in [0.29, 0.717) is 11.0 Å². The molecule has 1 fully saturated rings. The Labute approximate surface area is 145 Å². The van der Waals surface area contributed by atoms with Crippen molar-refractivity contribution < 1.29 is 8.42 Å². The van der Waals surface area contributed by atoms with Crippen LogP contribution >= 0.6 is 22.9 Å². The standard InChI is InChI=1S/C15H18ClN3O2S2/c16-15-18-10-13(22-15)9-17-12-6-3-7-14(8-12)23(20,21)19-11-4-1-2-5-11/h3,6-8,10-11,17,19H,1-2,4-5,9H2. The van der Waals surface area contributed by atoms with Crippen molar-refractivity contribution in [2.75, 3.05) is 5.32 Å². The van der Waals surface area contributed by atoms with Gasteiger partial charge < -0.3 is 5.32 Å². The Morgan fingerprint density at radius 1 is 1.30 bits per heavy atom. The Bertz CT molecular complexity index is 771. The van der Waals surface area contributed by atoms with Gasteiger partial charge in [-0.15, -0.1) is 11.3 Å². The van der Waals surface area contributed by atoms with E-state index in [9.17, 15) is 8.42 Å². The minimum atomic E-state index is -3.47. The molecule has 124 valence electrons. The Morgan fingerprint density at radius 2 is 2.09 bits per heavy atom. The molecule has 8 heteroatoms. The SMILES string of the molecule is O=S(=O)(NC1CCCC1)c1cccc(NCc2cnc(Cl)s2)c1. The monoisotopic (exact) mass is 371 g/mol. The van der Waals surface area contributed by atoms with Crippen LogP contribution in [0.25, 0.3) is 0 Å². The lowest BCUT2D eigenvalue weighted by Crippen LogP contribution is -2.32. The van der Waals surface area contributed by atoms with Crippen LogP contribution in [0.1, 0.15) is 30.6 Å². The molecule has 5 nitrogen and oxygen atoms in total. The van der Waals surface area contributed by atoms with Gasteiger partial charge in [0.25, 0.3) is 0 Å². The van der Waals surface area contributed by atoms with E-state index in [2.05, 4.69) is 15.0 Å². The van der Waals surface area contributed by atoms with Gasteiger partial charge in [-0.25, -0.2) is 18.1 Å². The lowest BCUT2D eigenvalue weighted by atomic mass is 10.3. The molecule has 0 atom stereocenters. The van der Waals surface area contributed by atoms with Gasteiger partial charge in [0.05, 0.1) is 11.4 Å². The van der Waals surface area contributed by atoms with Crippen molar-refractivity contribution in [3.63, 3.8) is 0 Å². The van der Waals surface area contributed by atoms with Gasteiger partial charge in [0.1, 0.15) is 0 Å². The van der Waals surface area contributed by atoms with Gasteiger partial charge in [0, 0.05) is 22.8 Å². The summed E-state index contributed by atoms with van der Waals surface area (Å²) >= 11 is 7.20. The third-order valence-electron chi connectivity index (χ3n) is 3.81. The molecule has 1 aromatic heterocycles. The first-order chi connectivity index (χ1) is 11.0. The molecule has 2 N–H and O–H groups in total. The fraction of sp³-hybridized carbons (Fsp3) is 0.400. The molecule has 1 aliphatic carbocycles. The molecule has 0 unspecified atom stereocenters. The summed E-state index contributed by atoms with van der Waals surface area (Å²) in [5, 5.41) is 3.20. The van der Waals surface area contributed by atoms with Crippen LogP contribution in [0.5, 0.6) is 0 Å². The first-order valence-electron chi connectivity index (χ1n) is 7.49. The van der Waals surface area contributed by atoms with Gasteiger partial charge in [0.15, 0.2) is 4.47 Å². The maximum atomic E-state index is 12.5. The van der Waals surface area contributed by atoms with E-state index < -0.39 is 10.0 Å². The fourth-order valence-electron chi connectivity index (χ4n) is 2.66. The molecule has 0 spiro atoms. The van der Waals surface area contributed by atoms with Gasteiger partial charge >= 0.3 is 0 Å². The topological polar surface area (TPSA) is 71.1 Å². The largest absolute Gasteiger partial charge is 0.380 e. The number of benzene rings is 1. The zero-order valence-electron chi connectivity index (χ0n) is 12.5. The normalized spacial score (nSPS) is 15.9. The average molecular weight is 372 g/mol. The molecule has 0 saturated heterocycles. The van der Waals surface area contributed by atoms with E-state index in [4.69, 9.17) is 11.6 Å². The third kappa shape index (κ3) is 4.44. The maximum absolute atomic E-state index is 12.5. The number of sulfonamides is 1. The van der Waals surface area contributed by atoms with Crippen molar-refractivity contribution >= 4 is 38.6 Å². The summed E-state index contributed by atoms with van der Waals surface area (Å²) in [6.07, 6.45) is 5.73. The first-order valence-corrected chi connectivity index (χ1v) is 10.2. The second-order valence-electron chi connectivity index (χ2n) is 5.56. The Morgan fingerprint density at radius 3 is 2.78 bits per heavy atom. The van der Waals surface area contributed by atoms with E-state index in [1.165, 1.54) is 11.3 Å². The number of thiazole rings is 1. The van der Waals surface area contributed by atoms with Crippen LogP contribution in [0, 0.1) is 0 Å². The van der Waals surface area contributed by atoms with Crippen LogP contribution in [0.4, 0.5) is 5.69 Å². The number of hydrogen-bond donors (Lipinski definition) is 2. The van der Waals surface area contributed by atoms with E-state index in [-0.39, 0.29) is 10.9 Å². The van der Waals surface area contributed by atoms with Crippen molar-refractivity contribution in [2.45, 2.75) is 43.2 Å². The molecular formula is C15H18ClN3O2S2. The number of aromatic nitrogens is 1. The quantitative estimate of drug-likeness (QED) is 0.813. The van der Waals surface area contributed by atoms with E-state index >= 15 is 0 Å². The lowest BCUT2D eigenvalue weighted by molar-refractivity contribution is 0.552. The molecule has 1 aliphatic rings. The van der Waals surface area contributed by atoms with Crippen molar-refractivity contribution in [1.29, 1.82) is 0 Å². The second kappa shape index (κ2) is 7.17. The molecule has 0 amide bonds. The zero-order chi connectivity index (χ0) is 16.3. The predicted molar refractivity (Wildman–Crippen MR) is 93.5 cm³/mol. The van der Waals surface area contributed by atoms with Crippen LogP contribution in [0.2, 0.25) is 4.47 Å². The van der Waals surface area contributed by atoms with E-state index in [1.54, 1.807) is 24.4 Å². The number of anilines is 1. The summed E-state index contributed by atoms with van der Waals surface area (Å²) in [5.74, 6) is 0. The smallest absolute Gasteiger partial charge is 0.240 e. The van der Waals surface area contributed by atoms with Gasteiger partial charge in [-0.3, -0.25) is 0 Å². The summed E-state index contributed by atoms with van der Waals surface area (Å²) < 4.78 is 28.2. The summed E-state index contributed by atoms with van der Waals surface area (Å²) in [4.78, 5) is 5.26. The van der Waals surface area contributed by atoms with E-state index in [0.717, 1.165) is 36.2 Å². The molecule has 2 aromatic rings. The Hall–Kier alpha value is -1.15. The summed E-state index contributed by atoms with van der Waals surface area (Å²) in [7, 11) is -3.47. The molecule has 1 aromatic carbocycles. The molecule has 0 bridgehead atoms. The number of rotatable bonds is 6. The maximum Gasteiger partial charge on any atom is 0.240 e. The highest BCUT2D eigenvalue weighted by molar-refractivity contribution is 7.89. The summed E-state index contributed by atoms with van der Waals surface area (Å²) in [6.45, 7) is 0.559. The zero-order valence-corrected chi connectivity index (χ0v) is 14.8. The molecule has 1 saturated carbocycles. The summed E-state index contributed by atoms with van der Waals surface area (Å²) in [6, 6.07) is 6.92. The van der Waals surface area contributed by atoms with E-state index in [1.807, 2.05) is 6.07 Å². The first kappa shape index (κ1) is 16.7. The highest BCUT2D eigenvalue weighted by Gasteiger charge is 2.22. The van der Waals surface area contributed by atoms with Crippen molar-refractivity contribution in [3.8, 4) is 0 Å². The van der Waals surface area contributed by atoms with Crippen molar-refractivity contribution in [3.05, 3.63) is 39.8 Å². The number of halogens is 1. The molecule has 23 heavy (non-hydrogen) atoms. The number of nitrogens with one attached hydrogen (secondary N) is 2. The fourth-order valence-corrected chi connectivity index (χ4v) is 4.93. The molecule has 0 radical (unpaired) electrons. The van der Waals surface area contributed by atoms with Crippen LogP contribution in [0.3, 0.4) is 0 Å². The highest BCUT2D eigenvalue weighted by Crippen LogP contribution is 2.23. The molecule has 0 aliphatic heterocycles. The summed E-state index contributed by atoms with van der Waals surface area (Å²) in [5.41, 5.74) is 0.754. The second-order valence-corrected chi connectivity index (χ2v) is 8.97. The van der Waals surface area contributed by atoms with Crippen molar-refractivity contribution in [2.24, 2.45) is 0 Å². The van der Waals surface area contributed by atoms with Crippen LogP contribution in [-0.4, -0.2) is 19.4 Å². The minimum Gasteiger partial charge on any atom is -0.380 e. The van der Waals surface area contributed by atoms with Crippen LogP contribution < -0.4 is 10.0 Å². The van der Waals surface area contributed by atoms with Gasteiger partial charge in [-0.1, -0.05) is 30.5 Å². The highest BCUT2D eigenvalue weighted by atomic mass is 35.5. The Kier molecular flexibility index (Phi) is 5.21. The molecule has 1 heterocycles. The minimum absolute atomic E-state index is 0.0657. The van der Waals surface area contributed by atoms with Gasteiger partial charge in [0.2, 0.25) is 10.0 Å². The van der Waals surface area contributed by atoms with Crippen LogP contribution in [-0.2, 0) is 16.6 Å². The Balaban J connectivity index is 1.68. The molecule has 3 rings (SSSR count). The van der Waals surface area contributed by atoms with Gasteiger partial charge in [-0.05, 0) is 31.0 Å². The predicted octanol–water partition coefficient (Wildman–Crippen LogP) is 3.63. The lowest BCUT2D eigenvalue weighted by Gasteiger charge is -2.13. The number of nitrogens with zero attached hydrogens (tertiary/aromatic N) is 1. The van der Waals surface area contributed by atoms with Gasteiger partial charge in [-0.2, -0.15) is 0 Å². The number of hydrogen-bond acceptors (Lipinski definition) is 5. The van der Waals surface area contributed by atoms with Crippen molar-refractivity contribution in [1.82, 2.24) is 9.71 Å². The molecular weight excluding hydrogens is 354 g/mol. The third-order valence-corrected chi connectivity index (χ3v) is 6.45.